The minimum atomic E-state index is -3.54. The van der Waals surface area contributed by atoms with Crippen LogP contribution in [-0.4, -0.2) is 49.1 Å². The number of nitrogens with one attached hydrogen (secondary N) is 2. The molecular formula is C16H21N3O2. The largest absolute Gasteiger partial charge is 0.447 e. The monoisotopic (exact) mass is 301 g/mol. The van der Waals surface area contributed by atoms with E-state index < -0.39 is 83.4 Å². The molecule has 1 aliphatic rings. The van der Waals surface area contributed by atoms with Gasteiger partial charge in [-0.15, -0.1) is 0 Å². The number of carbonyl (C=O) groups is 1. The Kier molecular flexibility index (Phi) is 1.38. The number of alkyl carbamates (subject to hydrolysis) is 1. The van der Waals surface area contributed by atoms with Crippen LogP contribution in [0, 0.1) is 0 Å². The summed E-state index contributed by atoms with van der Waals surface area (Å²) in [7, 11) is 2.49. The number of nitrogens with zero attached hydrogens (tertiary/aromatic N) is 1. The molecular weight excluding hydrogens is 266 g/mol. The van der Waals surface area contributed by atoms with Crippen LogP contribution >= 0.6 is 0 Å². The lowest BCUT2D eigenvalue weighted by Crippen LogP contribution is -2.28. The Morgan fingerprint density at radius 3 is 3.24 bits per heavy atom. The van der Waals surface area contributed by atoms with Crippen LogP contribution < -0.4 is 5.31 Å². The number of ether oxygens (including phenoxy) is 1. The number of likely N-dealkylation sites (N-methyl/N-ethyl adjacent to an activating group) is 1. The first-order chi connectivity index (χ1) is 15.6. The van der Waals surface area contributed by atoms with Crippen molar-refractivity contribution in [2.24, 2.45) is 0 Å². The molecule has 1 aromatic carbocycles. The number of rotatable bonds is 5. The van der Waals surface area contributed by atoms with Crippen LogP contribution in [0.1, 0.15) is 27.6 Å². The second-order valence-electron chi connectivity index (χ2n) is 4.33. The number of hydrogen-bond donors (Lipinski definition) is 2. The van der Waals surface area contributed by atoms with Gasteiger partial charge in [0.05, 0.1) is 14.2 Å². The van der Waals surface area contributed by atoms with E-state index in [0.29, 0.717) is 4.98 Å². The highest BCUT2D eigenvalue weighted by atomic mass is 16.6. The van der Waals surface area contributed by atoms with E-state index >= 15 is 0 Å². The predicted molar refractivity (Wildman–Crippen MR) is 82.5 cm³/mol. The van der Waals surface area contributed by atoms with Gasteiger partial charge in [0.25, 0.3) is 0 Å². The number of benzene rings is 1. The summed E-state index contributed by atoms with van der Waals surface area (Å²) >= 11 is 0. The number of amides is 1. The van der Waals surface area contributed by atoms with Crippen molar-refractivity contribution >= 4 is 17.0 Å². The van der Waals surface area contributed by atoms with Crippen LogP contribution in [0.2, 0.25) is 2.82 Å². The van der Waals surface area contributed by atoms with Crippen molar-refractivity contribution in [2.75, 3.05) is 27.2 Å². The first-order valence-corrected chi connectivity index (χ1v) is 5.95. The second-order valence-corrected chi connectivity index (χ2v) is 4.33. The van der Waals surface area contributed by atoms with E-state index in [-0.39, 0.29) is 0 Å². The maximum Gasteiger partial charge on any atom is 0.407 e. The third-order valence-electron chi connectivity index (χ3n) is 2.48. The number of aromatic amines is 1. The van der Waals surface area contributed by atoms with E-state index in [9.17, 15) is 4.79 Å². The first kappa shape index (κ1) is 5.02. The van der Waals surface area contributed by atoms with Gasteiger partial charge in [-0.25, -0.2) is 4.79 Å². The average Bonchev–Trinajstić information content (AvgIpc) is 3.15. The maximum atomic E-state index is 11.8. The molecule has 2 aromatic rings. The van der Waals surface area contributed by atoms with E-state index in [2.05, 4.69) is 4.74 Å². The molecule has 0 saturated carbocycles. The van der Waals surface area contributed by atoms with Crippen LogP contribution in [0.5, 0.6) is 0 Å². The molecule has 1 aromatic heterocycles. The Labute approximate surface area is 144 Å². The number of hydrogen-bond acceptors (Lipinski definition) is 3. The van der Waals surface area contributed by atoms with Crippen molar-refractivity contribution in [3.05, 3.63) is 35.5 Å². The number of H-pyrrole nitrogens is 1. The van der Waals surface area contributed by atoms with Gasteiger partial charge in [-0.2, -0.15) is 0 Å². The molecule has 1 fully saturated rings. The van der Waals surface area contributed by atoms with Crippen molar-refractivity contribution < 1.29 is 28.8 Å². The molecule has 3 rings (SSSR count). The third-order valence-corrected chi connectivity index (χ3v) is 2.48. The van der Waals surface area contributed by atoms with Crippen molar-refractivity contribution in [3.8, 4) is 0 Å². The summed E-state index contributed by atoms with van der Waals surface area (Å²) in [6.07, 6.45) is -7.40. The smallest absolute Gasteiger partial charge is 0.407 e. The van der Waals surface area contributed by atoms with E-state index in [0.717, 1.165) is 11.1 Å². The Hall–Kier alpha value is -2.01. The van der Waals surface area contributed by atoms with Gasteiger partial charge in [-0.05, 0) is 50.1 Å². The van der Waals surface area contributed by atoms with Crippen molar-refractivity contribution in [3.63, 3.8) is 0 Å². The average molecular weight is 301 g/mol. The lowest BCUT2D eigenvalue weighted by Gasteiger charge is -2.09. The van der Waals surface area contributed by atoms with Crippen LogP contribution in [-0.2, 0) is 17.5 Å². The summed E-state index contributed by atoms with van der Waals surface area (Å²) in [6, 6.07) is -6.47. The molecule has 1 aliphatic heterocycles. The zero-order valence-electron chi connectivity index (χ0n) is 25.2. The summed E-state index contributed by atoms with van der Waals surface area (Å²) in [6.45, 7) is -6.17. The fourth-order valence-electron chi connectivity index (χ4n) is 1.62. The van der Waals surface area contributed by atoms with Crippen LogP contribution in [0.4, 0.5) is 4.79 Å². The lowest BCUT2D eigenvalue weighted by molar-refractivity contribution is 0.177. The molecule has 1 amide bonds. The van der Waals surface area contributed by atoms with Gasteiger partial charge in [0, 0.05) is 31.8 Å². The normalized spacial score (nSPS) is 36.3. The number of carbonyl (C=O) groups excluding carboxylic acids is 1. The van der Waals surface area contributed by atoms with Gasteiger partial charge >= 0.3 is 6.09 Å². The molecule has 2 N–H and O–H groups in total. The molecule has 0 aliphatic carbocycles. The summed E-state index contributed by atoms with van der Waals surface area (Å²) in [5.74, 6) is 0. The SMILES string of the molecule is [2H]c1c(C([2H])([2H])[C@]2([2H])N([2H])C(=O)OC2([2H])[2H])c([2H])c2c(C([2H])([2H])C([2H])([2H])N(C)C)cn([2H])c2c1[2H]. The number of aromatic nitrogens is 1. The van der Waals surface area contributed by atoms with Crippen molar-refractivity contribution in [1.29, 1.82) is 0 Å². The highest BCUT2D eigenvalue weighted by Gasteiger charge is 2.22. The Morgan fingerprint density at radius 1 is 1.67 bits per heavy atom. The Bertz CT molecular complexity index is 1230. The molecule has 0 spiro atoms. The van der Waals surface area contributed by atoms with E-state index in [4.69, 9.17) is 19.3 Å². The molecule has 0 radical (unpaired) electrons. The van der Waals surface area contributed by atoms with Gasteiger partial charge in [0.1, 0.15) is 6.56 Å². The summed E-state index contributed by atoms with van der Waals surface area (Å²) in [4.78, 5) is 13.2. The first-order valence-electron chi connectivity index (χ1n) is 12.8. The van der Waals surface area contributed by atoms with E-state index in [1.165, 1.54) is 14.1 Å². The quantitative estimate of drug-likeness (QED) is 0.887. The summed E-state index contributed by atoms with van der Waals surface area (Å²) < 4.78 is 120. The molecule has 0 unspecified atom stereocenters. The fraction of sp³-hybridized carbons (Fsp3) is 0.438. The third kappa shape index (κ3) is 3.19. The second kappa shape index (κ2) is 5.77. The van der Waals surface area contributed by atoms with E-state index in [1.807, 2.05) is 0 Å². The molecule has 112 valence electrons. The van der Waals surface area contributed by atoms with E-state index in [1.54, 1.807) is 0 Å². The number of fused-ring (bicyclic) bond motifs is 1. The zero-order valence-corrected chi connectivity index (χ0v) is 11.2. The van der Waals surface area contributed by atoms with Crippen LogP contribution in [0.15, 0.2) is 24.3 Å². The minimum absolute atomic E-state index is 0.416. The van der Waals surface area contributed by atoms with Crippen LogP contribution in [0.3, 0.4) is 0 Å². The molecule has 21 heavy (non-hydrogen) atoms. The summed E-state index contributed by atoms with van der Waals surface area (Å²) in [5.41, 5.74) is -2.27. The Balaban J connectivity index is 2.47. The van der Waals surface area contributed by atoms with Crippen LogP contribution in [0.25, 0.3) is 10.9 Å². The molecule has 2 heterocycles. The zero-order chi connectivity index (χ0) is 27.3. The molecule has 5 nitrogen and oxygen atoms in total. The maximum absolute atomic E-state index is 11.8. The molecule has 0 bridgehead atoms. The fourth-order valence-corrected chi connectivity index (χ4v) is 1.62. The summed E-state index contributed by atoms with van der Waals surface area (Å²) in [5, 5.41) is -1.03. The van der Waals surface area contributed by atoms with Gasteiger partial charge in [-0.3, -0.25) is 0 Å². The predicted octanol–water partition coefficient (Wildman–Crippen LogP) is 1.92. The van der Waals surface area contributed by atoms with Gasteiger partial charge in [0.2, 0.25) is 0 Å². The highest BCUT2D eigenvalue weighted by Crippen LogP contribution is 2.21. The van der Waals surface area contributed by atoms with Crippen molar-refractivity contribution in [1.82, 2.24) is 15.2 Å². The Morgan fingerprint density at radius 2 is 2.52 bits per heavy atom. The molecule has 5 heteroatoms. The van der Waals surface area contributed by atoms with Gasteiger partial charge < -0.3 is 19.9 Å². The lowest BCUT2D eigenvalue weighted by atomic mass is 10.0. The van der Waals surface area contributed by atoms with Crippen molar-refractivity contribution in [2.45, 2.75) is 18.8 Å². The standard InChI is InChI=1S/C16H21N3O2/c1-19(2)6-5-12-9-17-15-4-3-11(8-14(12)15)7-13-10-21-16(20)18-13/h3-4,8-9,13,17H,5-7,10H2,1-2H3,(H,18,20)/t13-/m0/s1/i3D,4D,5D2,6D2,7D2,8D,10D2,13D/hD2. The topological polar surface area (TPSA) is 57.4 Å². The minimum Gasteiger partial charge on any atom is -0.447 e. The van der Waals surface area contributed by atoms with Gasteiger partial charge in [-0.1, -0.05) is 6.04 Å². The highest BCUT2D eigenvalue weighted by molar-refractivity contribution is 5.84. The van der Waals surface area contributed by atoms with Gasteiger partial charge in [0.15, 0.2) is 2.82 Å². The number of cyclic esters (lactones) is 1. The number of aryl methyl sites for hydroxylation is 1. The molecule has 1 saturated heterocycles. The molecule has 1 atom stereocenters.